The molecule has 5 N–H and O–H groups in total. The van der Waals surface area contributed by atoms with E-state index in [1.165, 1.54) is 18.4 Å². The van der Waals surface area contributed by atoms with E-state index in [0.29, 0.717) is 23.4 Å². The Morgan fingerprint density at radius 2 is 1.60 bits per heavy atom. The van der Waals surface area contributed by atoms with E-state index in [9.17, 15) is 23.7 Å². The summed E-state index contributed by atoms with van der Waals surface area (Å²) < 4.78 is 11.4. The van der Waals surface area contributed by atoms with Gasteiger partial charge in [-0.05, 0) is 49.6 Å². The fourth-order valence-corrected chi connectivity index (χ4v) is 3.99. The molecule has 2 aromatic carbocycles. The second-order valence-electron chi connectivity index (χ2n) is 8.42. The minimum absolute atomic E-state index is 0.0637. The molecule has 0 aromatic heterocycles. The van der Waals surface area contributed by atoms with E-state index in [1.54, 1.807) is 24.1 Å². The number of rotatable bonds is 12. The Balaban J connectivity index is 2.14. The SMILES string of the molecule is CN(CCc1ccccc1)[C@@H](N)C(=O)N(C(=O)CCCS(C)=O)C(=O)[C@@H](N)Cc1ccc(O)cc1. The van der Waals surface area contributed by atoms with Gasteiger partial charge < -0.3 is 16.6 Å². The van der Waals surface area contributed by atoms with Gasteiger partial charge in [0.1, 0.15) is 11.9 Å². The monoisotopic (exact) mass is 502 g/mol. The number of likely N-dealkylation sites (N-methyl/N-ethyl adjacent to an activating group) is 1. The highest BCUT2D eigenvalue weighted by molar-refractivity contribution is 7.84. The lowest BCUT2D eigenvalue weighted by Gasteiger charge is -2.29. The first-order valence-corrected chi connectivity index (χ1v) is 13.1. The van der Waals surface area contributed by atoms with E-state index in [0.717, 1.165) is 5.56 Å². The van der Waals surface area contributed by atoms with Crippen LogP contribution in [0.3, 0.4) is 0 Å². The fraction of sp³-hybridized carbons (Fsp3) is 0.400. The van der Waals surface area contributed by atoms with Crippen molar-refractivity contribution >= 4 is 28.5 Å². The van der Waals surface area contributed by atoms with E-state index < -0.39 is 40.7 Å². The molecular formula is C25H34N4O5S. The predicted molar refractivity (Wildman–Crippen MR) is 136 cm³/mol. The molecule has 0 saturated heterocycles. The zero-order valence-electron chi connectivity index (χ0n) is 20.1. The predicted octanol–water partition coefficient (Wildman–Crippen LogP) is 0.762. The summed E-state index contributed by atoms with van der Waals surface area (Å²) in [5.41, 5.74) is 14.0. The highest BCUT2D eigenvalue weighted by Crippen LogP contribution is 2.13. The molecule has 0 bridgehead atoms. The maximum absolute atomic E-state index is 13.2. The quantitative estimate of drug-likeness (QED) is 0.361. The number of nitrogens with two attached hydrogens (primary N) is 2. The molecule has 1 unspecified atom stereocenters. The van der Waals surface area contributed by atoms with Gasteiger partial charge in [-0.25, -0.2) is 4.90 Å². The Bertz CT molecular complexity index is 1020. The van der Waals surface area contributed by atoms with Crippen LogP contribution in [0, 0.1) is 0 Å². The summed E-state index contributed by atoms with van der Waals surface area (Å²) in [4.78, 5) is 41.5. The zero-order valence-corrected chi connectivity index (χ0v) is 20.9. The van der Waals surface area contributed by atoms with Crippen molar-refractivity contribution in [3.05, 3.63) is 65.7 Å². The number of phenolic OH excluding ortho intramolecular Hbond substituents is 1. The van der Waals surface area contributed by atoms with E-state index in [1.807, 2.05) is 30.3 Å². The minimum Gasteiger partial charge on any atom is -0.508 e. The molecule has 0 spiro atoms. The summed E-state index contributed by atoms with van der Waals surface area (Å²) in [7, 11) is 0.538. The van der Waals surface area contributed by atoms with Gasteiger partial charge in [0.05, 0.1) is 6.04 Å². The molecule has 9 nitrogen and oxygen atoms in total. The average Bonchev–Trinajstić information content (AvgIpc) is 2.83. The van der Waals surface area contributed by atoms with Gasteiger partial charge in [-0.15, -0.1) is 0 Å². The number of nitrogens with zero attached hydrogens (tertiary/aromatic N) is 2. The van der Waals surface area contributed by atoms with Gasteiger partial charge in [0, 0.05) is 35.8 Å². The molecule has 0 saturated carbocycles. The highest BCUT2D eigenvalue weighted by Gasteiger charge is 2.36. The summed E-state index contributed by atoms with van der Waals surface area (Å²) in [6.45, 7) is 0.432. The molecule has 3 amide bonds. The molecule has 0 radical (unpaired) electrons. The van der Waals surface area contributed by atoms with Crippen molar-refractivity contribution < 1.29 is 23.7 Å². The third kappa shape index (κ3) is 8.99. The lowest BCUT2D eigenvalue weighted by atomic mass is 10.0. The second-order valence-corrected chi connectivity index (χ2v) is 9.98. The fourth-order valence-electron chi connectivity index (χ4n) is 3.44. The molecule has 2 aromatic rings. The van der Waals surface area contributed by atoms with Gasteiger partial charge in [0.2, 0.25) is 5.91 Å². The number of hydrogen-bond acceptors (Lipinski definition) is 8. The van der Waals surface area contributed by atoms with Gasteiger partial charge in [-0.3, -0.25) is 23.5 Å². The van der Waals surface area contributed by atoms with Crippen LogP contribution in [0.25, 0.3) is 0 Å². The molecule has 35 heavy (non-hydrogen) atoms. The minimum atomic E-state index is -1.23. The second kappa shape index (κ2) is 13.8. The third-order valence-electron chi connectivity index (χ3n) is 5.55. The zero-order chi connectivity index (χ0) is 26.0. The van der Waals surface area contributed by atoms with Crippen LogP contribution in [0.4, 0.5) is 0 Å². The van der Waals surface area contributed by atoms with Gasteiger partial charge in [-0.2, -0.15) is 0 Å². The van der Waals surface area contributed by atoms with Crippen molar-refractivity contribution in [3.8, 4) is 5.75 Å². The Kier molecular flexibility index (Phi) is 11.2. The van der Waals surface area contributed by atoms with Crippen LogP contribution in [-0.4, -0.2) is 74.6 Å². The molecular weight excluding hydrogens is 468 g/mol. The van der Waals surface area contributed by atoms with Crippen LogP contribution in [0.15, 0.2) is 54.6 Å². The van der Waals surface area contributed by atoms with Crippen LogP contribution in [0.1, 0.15) is 24.0 Å². The van der Waals surface area contributed by atoms with Crippen molar-refractivity contribution in [1.29, 1.82) is 0 Å². The summed E-state index contributed by atoms with van der Waals surface area (Å²) in [5, 5.41) is 9.45. The largest absolute Gasteiger partial charge is 0.508 e. The first kappa shape index (κ1) is 28.3. The molecule has 0 heterocycles. The first-order valence-electron chi connectivity index (χ1n) is 11.3. The molecule has 2 rings (SSSR count). The lowest BCUT2D eigenvalue weighted by Crippen LogP contribution is -2.59. The molecule has 3 atom stereocenters. The number of amides is 3. The highest BCUT2D eigenvalue weighted by atomic mass is 32.2. The summed E-state index contributed by atoms with van der Waals surface area (Å²) in [6.07, 6.45) is 1.10. The van der Waals surface area contributed by atoms with Crippen molar-refractivity contribution in [2.24, 2.45) is 11.5 Å². The molecule has 0 aliphatic rings. The number of hydrogen-bond donors (Lipinski definition) is 3. The summed E-state index contributed by atoms with van der Waals surface area (Å²) >= 11 is 0. The third-order valence-corrected chi connectivity index (χ3v) is 6.41. The number of aromatic hydroxyl groups is 1. The van der Waals surface area contributed by atoms with Gasteiger partial charge >= 0.3 is 0 Å². The first-order chi connectivity index (χ1) is 16.6. The smallest absolute Gasteiger partial charge is 0.267 e. The molecule has 0 aliphatic carbocycles. The van der Waals surface area contributed by atoms with E-state index in [-0.39, 0.29) is 30.8 Å². The Labute approximate surface area is 208 Å². The van der Waals surface area contributed by atoms with Gasteiger partial charge in [0.15, 0.2) is 0 Å². The molecule has 10 heteroatoms. The van der Waals surface area contributed by atoms with Crippen molar-refractivity contribution in [2.75, 3.05) is 25.6 Å². The summed E-state index contributed by atoms with van der Waals surface area (Å²) in [5.74, 6) is -2.09. The standard InChI is InChI=1S/C25H34N4O5S/c1-28(15-14-18-7-4-3-5-8-18)23(27)25(33)29(22(31)9-6-16-35(2)34)24(32)21(26)17-19-10-12-20(30)13-11-19/h3-5,7-8,10-13,21,23,30H,6,9,14-17,26-27H2,1-2H3/t21-,23+,35?/m0/s1. The number of carbonyl (C=O) groups is 3. The number of phenols is 1. The van der Waals surface area contributed by atoms with Crippen LogP contribution in [-0.2, 0) is 38.0 Å². The Morgan fingerprint density at radius 3 is 2.20 bits per heavy atom. The normalized spacial score (nSPS) is 13.7. The van der Waals surface area contributed by atoms with Gasteiger partial charge in [0.25, 0.3) is 11.8 Å². The molecule has 0 aliphatic heterocycles. The number of imide groups is 3. The van der Waals surface area contributed by atoms with Crippen molar-refractivity contribution in [1.82, 2.24) is 9.80 Å². The lowest BCUT2D eigenvalue weighted by molar-refractivity contribution is -0.157. The molecule has 0 fully saturated rings. The van der Waals surface area contributed by atoms with Crippen LogP contribution < -0.4 is 11.5 Å². The van der Waals surface area contributed by atoms with Gasteiger partial charge in [-0.1, -0.05) is 42.5 Å². The number of carbonyl (C=O) groups excluding carboxylic acids is 3. The maximum atomic E-state index is 13.2. The van der Waals surface area contributed by atoms with Crippen LogP contribution in [0.5, 0.6) is 5.75 Å². The topological polar surface area (TPSA) is 147 Å². The van der Waals surface area contributed by atoms with E-state index in [2.05, 4.69) is 0 Å². The summed E-state index contributed by atoms with van der Waals surface area (Å²) in [6, 6.07) is 14.6. The van der Waals surface area contributed by atoms with Crippen molar-refractivity contribution in [3.63, 3.8) is 0 Å². The van der Waals surface area contributed by atoms with Crippen molar-refractivity contribution in [2.45, 2.75) is 37.9 Å². The number of benzene rings is 2. The van der Waals surface area contributed by atoms with Crippen LogP contribution >= 0.6 is 0 Å². The Hall–Kier alpha value is -2.92. The molecule has 190 valence electrons. The average molecular weight is 503 g/mol. The van der Waals surface area contributed by atoms with E-state index in [4.69, 9.17) is 11.5 Å². The van der Waals surface area contributed by atoms with Crippen LogP contribution in [0.2, 0.25) is 0 Å². The maximum Gasteiger partial charge on any atom is 0.267 e. The Morgan fingerprint density at radius 1 is 0.971 bits per heavy atom. The van der Waals surface area contributed by atoms with E-state index >= 15 is 0 Å².